The molecule has 0 aromatic heterocycles. The van der Waals surface area contributed by atoms with Gasteiger partial charge in [-0.05, 0) is 50.3 Å². The lowest BCUT2D eigenvalue weighted by atomic mass is 10.2. The summed E-state index contributed by atoms with van der Waals surface area (Å²) in [6.45, 7) is 7.20. The van der Waals surface area contributed by atoms with Gasteiger partial charge in [0.25, 0.3) is 5.91 Å². The third-order valence-corrected chi connectivity index (χ3v) is 4.60. The van der Waals surface area contributed by atoms with Crippen molar-refractivity contribution in [1.29, 1.82) is 0 Å². The number of hydrogen-bond donors (Lipinski definition) is 0. The van der Waals surface area contributed by atoms with Gasteiger partial charge in [0, 0.05) is 26.2 Å². The van der Waals surface area contributed by atoms with Gasteiger partial charge in [0.15, 0.2) is 6.61 Å². The zero-order valence-electron chi connectivity index (χ0n) is 13.5. The second kappa shape index (κ2) is 7.14. The molecule has 1 aliphatic carbocycles. The van der Waals surface area contributed by atoms with Crippen LogP contribution in [0.2, 0.25) is 0 Å². The van der Waals surface area contributed by atoms with Crippen molar-refractivity contribution in [2.75, 3.05) is 39.3 Å². The lowest BCUT2D eigenvalue weighted by molar-refractivity contribution is -0.133. The SMILES string of the molecule is Cc1ccccc1OCC(=O)N1CCCN(CC2CC2)CC1. The Hall–Kier alpha value is -1.55. The molecule has 1 aromatic rings. The quantitative estimate of drug-likeness (QED) is 0.837. The van der Waals surface area contributed by atoms with Crippen molar-refractivity contribution in [3.05, 3.63) is 29.8 Å². The molecule has 2 fully saturated rings. The predicted molar refractivity (Wildman–Crippen MR) is 87.0 cm³/mol. The number of ether oxygens (including phenoxy) is 1. The maximum atomic E-state index is 12.4. The van der Waals surface area contributed by atoms with Crippen LogP contribution in [0, 0.1) is 12.8 Å². The molecule has 1 saturated heterocycles. The van der Waals surface area contributed by atoms with Crippen LogP contribution in [0.3, 0.4) is 0 Å². The number of benzene rings is 1. The minimum atomic E-state index is 0.108. The normalized spacial score (nSPS) is 19.8. The highest BCUT2D eigenvalue weighted by atomic mass is 16.5. The summed E-state index contributed by atoms with van der Waals surface area (Å²) in [4.78, 5) is 16.8. The Labute approximate surface area is 133 Å². The number of nitrogens with zero attached hydrogens (tertiary/aromatic N) is 2. The molecule has 2 aliphatic rings. The Morgan fingerprint density at radius 1 is 1.18 bits per heavy atom. The van der Waals surface area contributed by atoms with Gasteiger partial charge < -0.3 is 14.5 Å². The van der Waals surface area contributed by atoms with E-state index in [9.17, 15) is 4.79 Å². The first-order chi connectivity index (χ1) is 10.7. The Morgan fingerprint density at radius 3 is 2.77 bits per heavy atom. The fraction of sp³-hybridized carbons (Fsp3) is 0.611. The van der Waals surface area contributed by atoms with Crippen molar-refractivity contribution in [1.82, 2.24) is 9.80 Å². The predicted octanol–water partition coefficient (Wildman–Crippen LogP) is 2.32. The molecule has 0 N–H and O–H groups in total. The lowest BCUT2D eigenvalue weighted by Gasteiger charge is -2.22. The summed E-state index contributed by atoms with van der Waals surface area (Å²) in [6, 6.07) is 7.84. The van der Waals surface area contributed by atoms with E-state index in [1.807, 2.05) is 36.1 Å². The number of hydrogen-bond acceptors (Lipinski definition) is 3. The van der Waals surface area contributed by atoms with E-state index < -0.39 is 0 Å². The molecule has 120 valence electrons. The third-order valence-electron chi connectivity index (χ3n) is 4.60. The monoisotopic (exact) mass is 302 g/mol. The number of carbonyl (C=O) groups excluding carboxylic acids is 1. The molecule has 3 rings (SSSR count). The molecule has 1 heterocycles. The molecule has 22 heavy (non-hydrogen) atoms. The van der Waals surface area contributed by atoms with Gasteiger partial charge in [-0.2, -0.15) is 0 Å². The van der Waals surface area contributed by atoms with Crippen LogP contribution in [0.15, 0.2) is 24.3 Å². The first-order valence-corrected chi connectivity index (χ1v) is 8.41. The van der Waals surface area contributed by atoms with Gasteiger partial charge >= 0.3 is 0 Å². The van der Waals surface area contributed by atoms with E-state index in [-0.39, 0.29) is 12.5 Å². The van der Waals surface area contributed by atoms with E-state index in [1.165, 1.54) is 19.4 Å². The molecule has 1 saturated carbocycles. The maximum Gasteiger partial charge on any atom is 0.260 e. The smallest absolute Gasteiger partial charge is 0.260 e. The molecule has 1 aliphatic heterocycles. The van der Waals surface area contributed by atoms with Crippen LogP contribution < -0.4 is 4.74 Å². The number of aryl methyl sites for hydroxylation is 1. The van der Waals surface area contributed by atoms with Crippen molar-refractivity contribution in [3.63, 3.8) is 0 Å². The van der Waals surface area contributed by atoms with Gasteiger partial charge in [-0.25, -0.2) is 0 Å². The molecule has 0 unspecified atom stereocenters. The largest absolute Gasteiger partial charge is 0.484 e. The van der Waals surface area contributed by atoms with E-state index >= 15 is 0 Å². The fourth-order valence-electron chi connectivity index (χ4n) is 3.02. The summed E-state index contributed by atoms with van der Waals surface area (Å²) in [5, 5.41) is 0. The fourth-order valence-corrected chi connectivity index (χ4v) is 3.02. The summed E-state index contributed by atoms with van der Waals surface area (Å²) in [6.07, 6.45) is 3.86. The van der Waals surface area contributed by atoms with E-state index in [4.69, 9.17) is 4.74 Å². The Morgan fingerprint density at radius 2 is 2.00 bits per heavy atom. The molecular weight excluding hydrogens is 276 g/mol. The highest BCUT2D eigenvalue weighted by Crippen LogP contribution is 2.29. The standard InChI is InChI=1S/C18H26N2O2/c1-15-5-2-3-6-17(15)22-14-18(21)20-10-4-9-19(11-12-20)13-16-7-8-16/h2-3,5-6,16H,4,7-14H2,1H3. The molecule has 4 heteroatoms. The van der Waals surface area contributed by atoms with Crippen LogP contribution >= 0.6 is 0 Å². The van der Waals surface area contributed by atoms with E-state index in [0.29, 0.717) is 0 Å². The van der Waals surface area contributed by atoms with Gasteiger partial charge in [0.2, 0.25) is 0 Å². The summed E-state index contributed by atoms with van der Waals surface area (Å²) in [5.74, 6) is 1.84. The van der Waals surface area contributed by atoms with E-state index in [2.05, 4.69) is 4.90 Å². The van der Waals surface area contributed by atoms with Crippen molar-refractivity contribution < 1.29 is 9.53 Å². The van der Waals surface area contributed by atoms with Gasteiger partial charge in [0.05, 0.1) is 0 Å². The number of para-hydroxylation sites is 1. The Balaban J connectivity index is 1.46. The van der Waals surface area contributed by atoms with Crippen LogP contribution in [0.5, 0.6) is 5.75 Å². The van der Waals surface area contributed by atoms with Crippen molar-refractivity contribution in [2.24, 2.45) is 5.92 Å². The average molecular weight is 302 g/mol. The molecule has 1 aromatic carbocycles. The zero-order chi connectivity index (χ0) is 15.4. The van der Waals surface area contributed by atoms with Crippen LogP contribution in [0.1, 0.15) is 24.8 Å². The summed E-state index contributed by atoms with van der Waals surface area (Å²) >= 11 is 0. The molecular formula is C18H26N2O2. The first kappa shape index (κ1) is 15.3. The Kier molecular flexibility index (Phi) is 4.98. The van der Waals surface area contributed by atoms with E-state index in [0.717, 1.165) is 49.8 Å². The zero-order valence-corrected chi connectivity index (χ0v) is 13.5. The topological polar surface area (TPSA) is 32.8 Å². The van der Waals surface area contributed by atoms with Crippen molar-refractivity contribution in [3.8, 4) is 5.75 Å². The van der Waals surface area contributed by atoms with Crippen LogP contribution in [-0.2, 0) is 4.79 Å². The highest BCUT2D eigenvalue weighted by Gasteiger charge is 2.26. The maximum absolute atomic E-state index is 12.4. The second-order valence-corrected chi connectivity index (χ2v) is 6.53. The van der Waals surface area contributed by atoms with Crippen LogP contribution in [-0.4, -0.2) is 55.0 Å². The average Bonchev–Trinajstić information content (AvgIpc) is 3.34. The minimum Gasteiger partial charge on any atom is -0.484 e. The molecule has 1 amide bonds. The molecule has 0 spiro atoms. The summed E-state index contributed by atoms with van der Waals surface area (Å²) in [5.41, 5.74) is 1.07. The summed E-state index contributed by atoms with van der Waals surface area (Å²) < 4.78 is 5.69. The van der Waals surface area contributed by atoms with Gasteiger partial charge in [0.1, 0.15) is 5.75 Å². The van der Waals surface area contributed by atoms with Gasteiger partial charge in [-0.3, -0.25) is 4.79 Å². The summed E-state index contributed by atoms with van der Waals surface area (Å²) in [7, 11) is 0. The molecule has 4 nitrogen and oxygen atoms in total. The second-order valence-electron chi connectivity index (χ2n) is 6.53. The Bertz CT molecular complexity index is 514. The van der Waals surface area contributed by atoms with Gasteiger partial charge in [-0.15, -0.1) is 0 Å². The highest BCUT2D eigenvalue weighted by molar-refractivity contribution is 5.77. The minimum absolute atomic E-state index is 0.108. The van der Waals surface area contributed by atoms with Crippen molar-refractivity contribution in [2.45, 2.75) is 26.2 Å². The molecule has 0 radical (unpaired) electrons. The third kappa shape index (κ3) is 4.23. The first-order valence-electron chi connectivity index (χ1n) is 8.41. The van der Waals surface area contributed by atoms with Gasteiger partial charge in [-0.1, -0.05) is 18.2 Å². The lowest BCUT2D eigenvalue weighted by Crippen LogP contribution is -2.38. The van der Waals surface area contributed by atoms with E-state index in [1.54, 1.807) is 0 Å². The number of rotatable bonds is 5. The molecule has 0 atom stereocenters. The van der Waals surface area contributed by atoms with Crippen LogP contribution in [0.25, 0.3) is 0 Å². The molecule has 0 bridgehead atoms. The number of amides is 1. The van der Waals surface area contributed by atoms with Crippen LogP contribution in [0.4, 0.5) is 0 Å². The van der Waals surface area contributed by atoms with Crippen molar-refractivity contribution >= 4 is 5.91 Å². The number of carbonyl (C=O) groups is 1.